The molecule has 2 aromatic carbocycles. The van der Waals surface area contributed by atoms with E-state index in [4.69, 9.17) is 0 Å². The van der Waals surface area contributed by atoms with Crippen molar-refractivity contribution in [3.05, 3.63) is 174 Å². The van der Waals surface area contributed by atoms with E-state index in [0.29, 0.717) is 17.3 Å². The molecule has 55 heavy (non-hydrogen) atoms. The minimum atomic E-state index is 0. The summed E-state index contributed by atoms with van der Waals surface area (Å²) in [5.74, 6) is 0.982. The van der Waals surface area contributed by atoms with Crippen molar-refractivity contribution >= 4 is 3.26 Å². The van der Waals surface area contributed by atoms with Gasteiger partial charge in [-0.15, -0.1) is 17.4 Å². The molecule has 2 aromatic rings. The Morgan fingerprint density at radius 3 is 1.56 bits per heavy atom. The molecule has 0 radical (unpaired) electrons. The van der Waals surface area contributed by atoms with Crippen LogP contribution in [0.25, 0.3) is 0 Å². The van der Waals surface area contributed by atoms with Gasteiger partial charge in [-0.1, -0.05) is 154 Å². The summed E-state index contributed by atoms with van der Waals surface area (Å²) in [6, 6.07) is 21.2. The number of allylic oxidation sites excluding steroid dienone is 16. The summed E-state index contributed by atoms with van der Waals surface area (Å²) < 4.78 is 1.46. The third-order valence-electron chi connectivity index (χ3n) is 16.0. The Hall–Kier alpha value is -2.32. The van der Waals surface area contributed by atoms with Crippen LogP contribution in [0.3, 0.4) is 0 Å². The van der Waals surface area contributed by atoms with E-state index in [-0.39, 0.29) is 62.7 Å². The van der Waals surface area contributed by atoms with E-state index < -0.39 is 0 Å². The molecule has 0 nitrogen and oxygen atoms in total. The summed E-state index contributed by atoms with van der Waals surface area (Å²) in [4.78, 5) is 0. The fraction of sp³-hybridized carbons (Fsp3) is 0.423. The zero-order valence-electron chi connectivity index (χ0n) is 35.3. The fourth-order valence-electron chi connectivity index (χ4n) is 11.7. The van der Waals surface area contributed by atoms with Crippen molar-refractivity contribution in [2.75, 3.05) is 0 Å². The number of benzene rings is 2. The van der Waals surface area contributed by atoms with Gasteiger partial charge < -0.3 is 31.2 Å². The van der Waals surface area contributed by atoms with Crippen LogP contribution >= 0.6 is 0 Å². The molecule has 0 bridgehead atoms. The van der Waals surface area contributed by atoms with Crippen LogP contribution in [0.4, 0.5) is 0 Å². The molecular formula is C52H62Cl2Hf-2. The molecule has 6 aliphatic carbocycles. The monoisotopic (exact) mass is 936 g/mol. The van der Waals surface area contributed by atoms with Gasteiger partial charge in [0.25, 0.3) is 0 Å². The Bertz CT molecular complexity index is 1940. The molecule has 3 heteroatoms. The Labute approximate surface area is 362 Å². The minimum absolute atomic E-state index is 0. The number of halogens is 2. The quantitative estimate of drug-likeness (QED) is 0.218. The first-order valence-electron chi connectivity index (χ1n) is 19.7. The van der Waals surface area contributed by atoms with E-state index in [0.717, 1.165) is 23.9 Å². The van der Waals surface area contributed by atoms with Crippen LogP contribution < -0.4 is 24.8 Å². The van der Waals surface area contributed by atoms with Crippen LogP contribution in [0.15, 0.2) is 151 Å². The number of hydrogen-bond acceptors (Lipinski definition) is 0. The number of rotatable bonds is 2. The topological polar surface area (TPSA) is 0 Å². The SMILES string of the molecule is CC1=CC=CC2[CH-]C3(C)C4(C)C=CC=CC4(C)C4(C)C=CC=CC4(C)C3(C)C12C.CC1[C-]=CC(C(C)(C)C)=C1.[Cl-].[Cl-].[Hf+2]=[C](c1ccccc1)c1ccccc1. The summed E-state index contributed by atoms with van der Waals surface area (Å²) in [6.07, 6.45) is 36.9. The molecule has 2 saturated carbocycles. The van der Waals surface area contributed by atoms with Crippen molar-refractivity contribution in [3.63, 3.8) is 0 Å². The van der Waals surface area contributed by atoms with Crippen LogP contribution in [0.1, 0.15) is 94.2 Å². The Morgan fingerprint density at radius 2 is 1.13 bits per heavy atom. The van der Waals surface area contributed by atoms with Crippen LogP contribution in [0.5, 0.6) is 0 Å². The predicted octanol–water partition coefficient (Wildman–Crippen LogP) is 7.42. The molecule has 290 valence electrons. The first-order valence-corrected chi connectivity index (χ1v) is 21.5. The van der Waals surface area contributed by atoms with Crippen LogP contribution in [0, 0.1) is 67.7 Å². The van der Waals surface area contributed by atoms with Crippen molar-refractivity contribution in [2.45, 2.75) is 83.1 Å². The third-order valence-corrected chi connectivity index (χ3v) is 18.0. The Kier molecular flexibility index (Phi) is 13.0. The predicted molar refractivity (Wildman–Crippen MR) is 225 cm³/mol. The number of fused-ring (bicyclic) bond motifs is 8. The van der Waals surface area contributed by atoms with E-state index >= 15 is 0 Å². The second-order valence-corrected chi connectivity index (χ2v) is 20.6. The van der Waals surface area contributed by atoms with Crippen molar-refractivity contribution in [1.29, 1.82) is 0 Å². The summed E-state index contributed by atoms with van der Waals surface area (Å²) in [7, 11) is 0. The first-order chi connectivity index (χ1) is 24.8. The molecule has 9 atom stereocenters. The average Bonchev–Trinajstić information content (AvgIpc) is 3.67. The fourth-order valence-corrected chi connectivity index (χ4v) is 12.9. The normalized spacial score (nSPS) is 38.2. The average molecular weight is 936 g/mol. The molecule has 6 aliphatic rings. The van der Waals surface area contributed by atoms with Gasteiger partial charge in [-0.05, 0) is 28.6 Å². The van der Waals surface area contributed by atoms with Crippen LogP contribution in [0.2, 0.25) is 0 Å². The summed E-state index contributed by atoms with van der Waals surface area (Å²) >= 11 is 1.08. The second-order valence-electron chi connectivity index (χ2n) is 18.8. The Balaban J connectivity index is 0.000000215. The van der Waals surface area contributed by atoms with E-state index in [1.54, 1.807) is 0 Å². The second kappa shape index (κ2) is 15.8. The molecule has 0 spiro atoms. The summed E-state index contributed by atoms with van der Waals surface area (Å²) in [5, 5.41) is 0. The molecule has 0 saturated heterocycles. The van der Waals surface area contributed by atoms with Crippen molar-refractivity contribution in [3.8, 4) is 0 Å². The maximum atomic E-state index is 3.26. The van der Waals surface area contributed by atoms with Crippen molar-refractivity contribution in [1.82, 2.24) is 0 Å². The van der Waals surface area contributed by atoms with Crippen molar-refractivity contribution < 1.29 is 48.7 Å². The Morgan fingerprint density at radius 1 is 0.673 bits per heavy atom. The summed E-state index contributed by atoms with van der Waals surface area (Å²) in [6.45, 7) is 29.2. The third kappa shape index (κ3) is 6.45. The van der Waals surface area contributed by atoms with Crippen LogP contribution in [-0.2, 0) is 23.9 Å². The molecule has 0 amide bonds. The molecule has 0 aromatic heterocycles. The molecular weight excluding hydrogens is 874 g/mol. The van der Waals surface area contributed by atoms with Gasteiger partial charge in [0.1, 0.15) is 0 Å². The van der Waals surface area contributed by atoms with E-state index in [2.05, 4.69) is 235 Å². The zero-order chi connectivity index (χ0) is 38.7. The standard InChI is InChI=1S/C29H37.C13H10.C10H15.2ClH.Hf/c1-21-14-13-15-22-20-27(6)25(4)18-10-9-16-23(25,2)24(3)17-11-12-19-26(24,5)29(27,8)28(21,22)7;1-3-7-12(8-4-1)11-13-9-5-2-6-10-13;1-8-5-6-9(7-8)10(2,3)4;;;/h9-20,22H,1-8H3;1-10H;6-8H,1-4H3;2*1H;/q-1;;-1;;;+2/p-2. The summed E-state index contributed by atoms with van der Waals surface area (Å²) in [5.41, 5.74) is 6.16. The molecule has 0 heterocycles. The van der Waals surface area contributed by atoms with E-state index in [9.17, 15) is 0 Å². The van der Waals surface area contributed by atoms with Gasteiger partial charge in [-0.2, -0.15) is 11.6 Å². The molecule has 2 fully saturated rings. The van der Waals surface area contributed by atoms with Gasteiger partial charge in [0.05, 0.1) is 0 Å². The van der Waals surface area contributed by atoms with Crippen LogP contribution in [-0.4, -0.2) is 3.26 Å². The first kappa shape index (κ1) is 45.4. The number of hydrogen-bond donors (Lipinski definition) is 0. The van der Waals surface area contributed by atoms with Gasteiger partial charge in [-0.3, -0.25) is 6.08 Å². The van der Waals surface area contributed by atoms with Gasteiger partial charge in [0, 0.05) is 10.8 Å². The van der Waals surface area contributed by atoms with Gasteiger partial charge in [0.15, 0.2) is 0 Å². The maximum absolute atomic E-state index is 3.26. The van der Waals surface area contributed by atoms with E-state index in [1.165, 1.54) is 25.5 Å². The van der Waals surface area contributed by atoms with Gasteiger partial charge in [0.2, 0.25) is 0 Å². The molecule has 0 N–H and O–H groups in total. The molecule has 0 aliphatic heterocycles. The van der Waals surface area contributed by atoms with Gasteiger partial charge >= 0.3 is 98.9 Å². The van der Waals surface area contributed by atoms with E-state index in [1.807, 2.05) is 0 Å². The molecule has 8 rings (SSSR count). The van der Waals surface area contributed by atoms with Crippen molar-refractivity contribution in [2.24, 2.45) is 55.2 Å². The zero-order valence-corrected chi connectivity index (χ0v) is 40.4. The molecule has 9 unspecified atom stereocenters. The van der Waals surface area contributed by atoms with Gasteiger partial charge in [-0.25, -0.2) is 6.08 Å².